The molecule has 0 fully saturated rings. The number of aryl methyl sites for hydroxylation is 2. The molecule has 0 unspecified atom stereocenters. The van der Waals surface area contributed by atoms with E-state index >= 15 is 0 Å². The van der Waals surface area contributed by atoms with Gasteiger partial charge in [-0.3, -0.25) is 0 Å². The molecule has 0 saturated heterocycles. The van der Waals surface area contributed by atoms with E-state index in [4.69, 9.17) is 4.52 Å². The molecule has 1 aliphatic rings. The first-order valence-corrected chi connectivity index (χ1v) is 7.98. The fourth-order valence-electron chi connectivity index (χ4n) is 2.88. The molecule has 22 heavy (non-hydrogen) atoms. The molecule has 0 spiro atoms. The lowest BCUT2D eigenvalue weighted by atomic mass is 9.89. The van der Waals surface area contributed by atoms with Crippen molar-refractivity contribution in [2.75, 3.05) is 19.0 Å². The average molecular weight is 300 g/mol. The second-order valence-corrected chi connectivity index (χ2v) is 6.22. The van der Waals surface area contributed by atoms with Crippen molar-refractivity contribution >= 4 is 5.95 Å². The van der Waals surface area contributed by atoms with Gasteiger partial charge >= 0.3 is 0 Å². The highest BCUT2D eigenvalue weighted by Gasteiger charge is 2.13. The third-order valence-corrected chi connectivity index (χ3v) is 4.29. The maximum Gasteiger partial charge on any atom is 0.265 e. The lowest BCUT2D eigenvalue weighted by Gasteiger charge is -2.19. The van der Waals surface area contributed by atoms with Crippen LogP contribution >= 0.6 is 0 Å². The molecule has 1 heterocycles. The Morgan fingerprint density at radius 1 is 1.23 bits per heavy atom. The van der Waals surface area contributed by atoms with Gasteiger partial charge in [0.05, 0.1) is 6.54 Å². The van der Waals surface area contributed by atoms with Gasteiger partial charge in [-0.2, -0.15) is 4.98 Å². The maximum absolute atomic E-state index is 5.24. The van der Waals surface area contributed by atoms with E-state index in [1.165, 1.54) is 42.4 Å². The first-order chi connectivity index (χ1) is 10.6. The van der Waals surface area contributed by atoms with Gasteiger partial charge in [0.15, 0.2) is 0 Å². The predicted octanol–water partition coefficient (Wildman–Crippen LogP) is 2.87. The standard InChI is InChI=1S/C17H24N4O/c1-12(18-11-16-19-17(20-22-16)21(2)3)14-9-8-13-6-4-5-7-15(13)10-14/h8-10,12,18H,4-7,11H2,1-3H3/t12-/m1/s1. The molecule has 5 heteroatoms. The Labute approximate surface area is 131 Å². The summed E-state index contributed by atoms with van der Waals surface area (Å²) in [5.41, 5.74) is 4.37. The summed E-state index contributed by atoms with van der Waals surface area (Å²) in [5, 5.41) is 7.38. The van der Waals surface area contributed by atoms with Gasteiger partial charge in [0.1, 0.15) is 0 Å². The molecule has 118 valence electrons. The Morgan fingerprint density at radius 3 is 2.73 bits per heavy atom. The number of benzene rings is 1. The number of rotatable bonds is 5. The van der Waals surface area contributed by atoms with E-state index in [2.05, 4.69) is 40.6 Å². The van der Waals surface area contributed by atoms with Crippen molar-refractivity contribution in [3.8, 4) is 0 Å². The van der Waals surface area contributed by atoms with Gasteiger partial charge in [0.25, 0.3) is 5.95 Å². The predicted molar refractivity (Wildman–Crippen MR) is 87.0 cm³/mol. The van der Waals surface area contributed by atoms with Crippen LogP contribution in [-0.4, -0.2) is 24.2 Å². The highest BCUT2D eigenvalue weighted by Crippen LogP contribution is 2.24. The van der Waals surface area contributed by atoms with Crippen LogP contribution in [0.2, 0.25) is 0 Å². The minimum atomic E-state index is 0.266. The summed E-state index contributed by atoms with van der Waals surface area (Å²) in [4.78, 5) is 6.16. The molecule has 0 bridgehead atoms. The zero-order valence-corrected chi connectivity index (χ0v) is 13.6. The first-order valence-electron chi connectivity index (χ1n) is 7.98. The van der Waals surface area contributed by atoms with Crippen molar-refractivity contribution in [2.45, 2.75) is 45.2 Å². The molecule has 0 amide bonds. The van der Waals surface area contributed by atoms with E-state index in [1.807, 2.05) is 19.0 Å². The normalized spacial score (nSPS) is 15.4. The molecule has 0 aliphatic heterocycles. The van der Waals surface area contributed by atoms with Crippen LogP contribution < -0.4 is 10.2 Å². The lowest BCUT2D eigenvalue weighted by Crippen LogP contribution is -2.19. The molecule has 1 aromatic carbocycles. The Morgan fingerprint density at radius 2 is 2.00 bits per heavy atom. The van der Waals surface area contributed by atoms with E-state index in [0.717, 1.165) is 0 Å². The number of anilines is 1. The summed E-state index contributed by atoms with van der Waals surface area (Å²) in [6, 6.07) is 7.15. The maximum atomic E-state index is 5.24. The Bertz CT molecular complexity index is 635. The Kier molecular flexibility index (Phi) is 4.43. The summed E-state index contributed by atoms with van der Waals surface area (Å²) < 4.78 is 5.24. The van der Waals surface area contributed by atoms with Crippen molar-refractivity contribution in [3.05, 3.63) is 40.8 Å². The number of aromatic nitrogens is 2. The summed E-state index contributed by atoms with van der Waals surface area (Å²) >= 11 is 0. The molecule has 1 atom stereocenters. The number of hydrogen-bond acceptors (Lipinski definition) is 5. The zero-order chi connectivity index (χ0) is 15.5. The van der Waals surface area contributed by atoms with Gasteiger partial charge in [-0.1, -0.05) is 18.2 Å². The third kappa shape index (κ3) is 3.30. The molecular formula is C17H24N4O. The van der Waals surface area contributed by atoms with Crippen LogP contribution in [0.25, 0.3) is 0 Å². The van der Waals surface area contributed by atoms with Crippen molar-refractivity contribution < 1.29 is 4.52 Å². The lowest BCUT2D eigenvalue weighted by molar-refractivity contribution is 0.360. The molecule has 3 rings (SSSR count). The van der Waals surface area contributed by atoms with Gasteiger partial charge in [-0.15, -0.1) is 0 Å². The monoisotopic (exact) mass is 300 g/mol. The van der Waals surface area contributed by atoms with Crippen molar-refractivity contribution in [1.82, 2.24) is 15.5 Å². The highest BCUT2D eigenvalue weighted by atomic mass is 16.5. The molecule has 0 saturated carbocycles. The molecule has 1 N–H and O–H groups in total. The smallest absolute Gasteiger partial charge is 0.265 e. The SMILES string of the molecule is C[C@@H](NCc1nc(N(C)C)no1)c1ccc2c(c1)CCCC2. The summed E-state index contributed by atoms with van der Waals surface area (Å²) in [6.07, 6.45) is 5.08. The Hall–Kier alpha value is -1.88. The number of nitrogens with one attached hydrogen (secondary N) is 1. The number of hydrogen-bond donors (Lipinski definition) is 1. The average Bonchev–Trinajstić information content (AvgIpc) is 3.01. The van der Waals surface area contributed by atoms with Gasteiger partial charge in [0, 0.05) is 20.1 Å². The van der Waals surface area contributed by atoms with E-state index < -0.39 is 0 Å². The fraction of sp³-hybridized carbons (Fsp3) is 0.529. The number of fused-ring (bicyclic) bond motifs is 1. The van der Waals surface area contributed by atoms with Crippen molar-refractivity contribution in [1.29, 1.82) is 0 Å². The van der Waals surface area contributed by atoms with Crippen LogP contribution in [0, 0.1) is 0 Å². The van der Waals surface area contributed by atoms with Crippen molar-refractivity contribution in [3.63, 3.8) is 0 Å². The van der Waals surface area contributed by atoms with Gasteiger partial charge < -0.3 is 14.7 Å². The zero-order valence-electron chi connectivity index (χ0n) is 13.6. The first kappa shape index (κ1) is 15.0. The second-order valence-electron chi connectivity index (χ2n) is 6.22. The van der Waals surface area contributed by atoms with Crippen LogP contribution in [-0.2, 0) is 19.4 Å². The van der Waals surface area contributed by atoms with Gasteiger partial charge in [-0.05, 0) is 54.5 Å². The summed E-state index contributed by atoms with van der Waals surface area (Å²) in [6.45, 7) is 2.76. The molecule has 0 radical (unpaired) electrons. The van der Waals surface area contributed by atoms with Gasteiger partial charge in [-0.25, -0.2) is 0 Å². The highest BCUT2D eigenvalue weighted by molar-refractivity contribution is 5.35. The topological polar surface area (TPSA) is 54.2 Å². The molecular weight excluding hydrogens is 276 g/mol. The van der Waals surface area contributed by atoms with Crippen LogP contribution in [0.3, 0.4) is 0 Å². The Balaban J connectivity index is 1.62. The fourth-order valence-corrected chi connectivity index (χ4v) is 2.88. The second kappa shape index (κ2) is 6.48. The van der Waals surface area contributed by atoms with Crippen LogP contribution in [0.5, 0.6) is 0 Å². The minimum absolute atomic E-state index is 0.266. The van der Waals surface area contributed by atoms with E-state index in [9.17, 15) is 0 Å². The van der Waals surface area contributed by atoms with Crippen LogP contribution in [0.15, 0.2) is 22.7 Å². The quantitative estimate of drug-likeness (QED) is 0.920. The largest absolute Gasteiger partial charge is 0.344 e. The third-order valence-electron chi connectivity index (χ3n) is 4.29. The van der Waals surface area contributed by atoms with Crippen molar-refractivity contribution in [2.24, 2.45) is 0 Å². The molecule has 2 aromatic rings. The van der Waals surface area contributed by atoms with E-state index in [0.29, 0.717) is 18.4 Å². The molecule has 1 aliphatic carbocycles. The van der Waals surface area contributed by atoms with E-state index in [1.54, 1.807) is 0 Å². The summed E-state index contributed by atoms with van der Waals surface area (Å²) in [7, 11) is 3.80. The van der Waals surface area contributed by atoms with Crippen LogP contribution in [0.1, 0.15) is 48.4 Å². The number of nitrogens with zero attached hydrogens (tertiary/aromatic N) is 3. The molecule has 5 nitrogen and oxygen atoms in total. The molecule has 1 aromatic heterocycles. The van der Waals surface area contributed by atoms with E-state index in [-0.39, 0.29) is 6.04 Å². The van der Waals surface area contributed by atoms with Gasteiger partial charge in [0.2, 0.25) is 5.89 Å². The summed E-state index contributed by atoms with van der Waals surface area (Å²) in [5.74, 6) is 1.23. The minimum Gasteiger partial charge on any atom is -0.344 e. The van der Waals surface area contributed by atoms with Crippen LogP contribution in [0.4, 0.5) is 5.95 Å².